The van der Waals surface area contributed by atoms with Crippen LogP contribution in [0.25, 0.3) is 10.6 Å². The third-order valence-corrected chi connectivity index (χ3v) is 8.38. The molecule has 34 heavy (non-hydrogen) atoms. The number of rotatable bonds is 7. The van der Waals surface area contributed by atoms with Crippen molar-refractivity contribution in [3.8, 4) is 22.1 Å². The van der Waals surface area contributed by atoms with Crippen LogP contribution in [0.5, 0.6) is 11.5 Å². The number of amides is 1. The van der Waals surface area contributed by atoms with E-state index >= 15 is 0 Å². The molecule has 9 nitrogen and oxygen atoms in total. The summed E-state index contributed by atoms with van der Waals surface area (Å²) in [6.07, 6.45) is 3.69. The number of carbonyl (C=O) groups excluding carboxylic acids is 1. The summed E-state index contributed by atoms with van der Waals surface area (Å²) >= 11 is 1.21. The minimum Gasteiger partial charge on any atom is -0.497 e. The van der Waals surface area contributed by atoms with Crippen molar-refractivity contribution in [2.24, 2.45) is 0 Å². The molecule has 11 heteroatoms. The molecule has 1 amide bonds. The van der Waals surface area contributed by atoms with E-state index in [0.717, 1.165) is 37.0 Å². The molecule has 0 atom stereocenters. The monoisotopic (exact) mass is 502 g/mol. The third-order valence-electron chi connectivity index (χ3n) is 5.60. The van der Waals surface area contributed by atoms with Crippen LogP contribution in [0.15, 0.2) is 47.4 Å². The lowest BCUT2D eigenvalue weighted by Gasteiger charge is -2.20. The highest BCUT2D eigenvalue weighted by Gasteiger charge is 2.27. The lowest BCUT2D eigenvalue weighted by atomic mass is 10.2. The van der Waals surface area contributed by atoms with Crippen LogP contribution < -0.4 is 14.8 Å². The summed E-state index contributed by atoms with van der Waals surface area (Å²) in [5.74, 6) is 0.471. The van der Waals surface area contributed by atoms with E-state index in [1.165, 1.54) is 41.0 Å². The van der Waals surface area contributed by atoms with Crippen molar-refractivity contribution < 1.29 is 22.7 Å². The Balaban J connectivity index is 1.56. The van der Waals surface area contributed by atoms with Gasteiger partial charge in [-0.05, 0) is 55.3 Å². The predicted molar refractivity (Wildman–Crippen MR) is 130 cm³/mol. The number of nitrogens with zero attached hydrogens (tertiary/aromatic N) is 3. The fraction of sp³-hybridized carbons (Fsp3) is 0.348. The average Bonchev–Trinajstić information content (AvgIpc) is 3.14. The van der Waals surface area contributed by atoms with E-state index < -0.39 is 15.9 Å². The number of ether oxygens (including phenoxy) is 2. The van der Waals surface area contributed by atoms with E-state index in [-0.39, 0.29) is 16.2 Å². The molecule has 2 aromatic carbocycles. The van der Waals surface area contributed by atoms with E-state index in [0.29, 0.717) is 23.2 Å². The first-order valence-corrected chi connectivity index (χ1v) is 13.2. The van der Waals surface area contributed by atoms with Crippen molar-refractivity contribution >= 4 is 32.4 Å². The van der Waals surface area contributed by atoms with Crippen molar-refractivity contribution in [3.05, 3.63) is 48.0 Å². The fourth-order valence-electron chi connectivity index (χ4n) is 3.74. The molecule has 0 spiro atoms. The standard InChI is InChI=1S/C23H26N4O5S2/c1-31-17-9-7-16(8-10-17)22-25-26-23(33-22)24-21(28)19-15-18(11-12-20(19)32-2)34(29,30)27-13-5-3-4-6-14-27/h7-12,15H,3-6,13-14H2,1-2H3,(H,24,26,28). The molecule has 1 fully saturated rings. The van der Waals surface area contributed by atoms with Gasteiger partial charge in [-0.3, -0.25) is 10.1 Å². The summed E-state index contributed by atoms with van der Waals surface area (Å²) < 4.78 is 38.4. The Hall–Kier alpha value is -3.02. The zero-order valence-electron chi connectivity index (χ0n) is 19.0. The minimum atomic E-state index is -3.71. The number of methoxy groups -OCH3 is 2. The molecule has 180 valence electrons. The molecule has 1 aliphatic heterocycles. The van der Waals surface area contributed by atoms with Crippen molar-refractivity contribution in [1.29, 1.82) is 0 Å². The number of hydrogen-bond donors (Lipinski definition) is 1. The maximum absolute atomic E-state index is 13.2. The highest BCUT2D eigenvalue weighted by atomic mass is 32.2. The zero-order chi connectivity index (χ0) is 24.1. The second kappa shape index (κ2) is 10.5. The summed E-state index contributed by atoms with van der Waals surface area (Å²) in [5, 5.41) is 11.8. The van der Waals surface area contributed by atoms with Gasteiger partial charge in [0.2, 0.25) is 15.2 Å². The lowest BCUT2D eigenvalue weighted by Crippen LogP contribution is -2.32. The topological polar surface area (TPSA) is 111 Å². The van der Waals surface area contributed by atoms with Gasteiger partial charge < -0.3 is 9.47 Å². The molecular weight excluding hydrogens is 476 g/mol. The SMILES string of the molecule is COc1ccc(-c2nnc(NC(=O)c3cc(S(=O)(=O)N4CCCCCC4)ccc3OC)s2)cc1. The Labute approximate surface area is 202 Å². The molecule has 2 heterocycles. The predicted octanol–water partition coefficient (Wildman–Crippen LogP) is 4.04. The molecule has 1 aliphatic rings. The number of carbonyl (C=O) groups is 1. The quantitative estimate of drug-likeness (QED) is 0.519. The van der Waals surface area contributed by atoms with Crippen molar-refractivity contribution in [2.45, 2.75) is 30.6 Å². The van der Waals surface area contributed by atoms with Gasteiger partial charge in [0.25, 0.3) is 5.91 Å². The maximum atomic E-state index is 13.2. The molecular formula is C23H26N4O5S2. The second-order valence-corrected chi connectivity index (χ2v) is 10.7. The molecule has 0 unspecified atom stereocenters. The lowest BCUT2D eigenvalue weighted by molar-refractivity contribution is 0.102. The molecule has 1 N–H and O–H groups in total. The van der Waals surface area contributed by atoms with Crippen LogP contribution in [0, 0.1) is 0 Å². The Morgan fingerprint density at radius 2 is 1.68 bits per heavy atom. The van der Waals surface area contributed by atoms with E-state index in [1.807, 2.05) is 24.3 Å². The van der Waals surface area contributed by atoms with Gasteiger partial charge in [-0.2, -0.15) is 4.31 Å². The second-order valence-electron chi connectivity index (χ2n) is 7.78. The summed E-state index contributed by atoms with van der Waals surface area (Å²) in [6.45, 7) is 0.962. The first kappa shape index (κ1) is 24.1. The van der Waals surface area contributed by atoms with Gasteiger partial charge in [0, 0.05) is 18.7 Å². The summed E-state index contributed by atoms with van der Waals surface area (Å²) in [4.78, 5) is 13.1. The van der Waals surface area contributed by atoms with Crippen LogP contribution in [-0.4, -0.2) is 56.1 Å². The molecule has 0 radical (unpaired) electrons. The van der Waals surface area contributed by atoms with E-state index in [2.05, 4.69) is 15.5 Å². The van der Waals surface area contributed by atoms with Crippen molar-refractivity contribution in [2.75, 3.05) is 32.6 Å². The van der Waals surface area contributed by atoms with Gasteiger partial charge in [0.05, 0.1) is 24.7 Å². The molecule has 1 aromatic heterocycles. The maximum Gasteiger partial charge on any atom is 0.261 e. The smallest absolute Gasteiger partial charge is 0.261 e. The van der Waals surface area contributed by atoms with Gasteiger partial charge in [0.1, 0.15) is 16.5 Å². The highest BCUT2D eigenvalue weighted by molar-refractivity contribution is 7.89. The Morgan fingerprint density at radius 3 is 2.32 bits per heavy atom. The van der Waals surface area contributed by atoms with Crippen molar-refractivity contribution in [1.82, 2.24) is 14.5 Å². The number of aromatic nitrogens is 2. The first-order chi connectivity index (χ1) is 16.4. The van der Waals surface area contributed by atoms with Crippen LogP contribution in [-0.2, 0) is 10.0 Å². The van der Waals surface area contributed by atoms with Crippen molar-refractivity contribution in [3.63, 3.8) is 0 Å². The number of benzene rings is 2. The van der Waals surface area contributed by atoms with Gasteiger partial charge in [-0.25, -0.2) is 8.42 Å². The first-order valence-electron chi connectivity index (χ1n) is 10.9. The Morgan fingerprint density at radius 1 is 0.971 bits per heavy atom. The number of sulfonamides is 1. The van der Waals surface area contributed by atoms with Crippen LogP contribution in [0.2, 0.25) is 0 Å². The molecule has 0 saturated carbocycles. The number of anilines is 1. The molecule has 3 aromatic rings. The number of hydrogen-bond acceptors (Lipinski definition) is 8. The van der Waals surface area contributed by atoms with Crippen LogP contribution in [0.3, 0.4) is 0 Å². The highest BCUT2D eigenvalue weighted by Crippen LogP contribution is 2.30. The van der Waals surface area contributed by atoms with Gasteiger partial charge in [0.15, 0.2) is 0 Å². The fourth-order valence-corrected chi connectivity index (χ4v) is 6.03. The minimum absolute atomic E-state index is 0.0662. The molecule has 0 aliphatic carbocycles. The van der Waals surface area contributed by atoms with Crippen LogP contribution >= 0.6 is 11.3 Å². The molecule has 0 bridgehead atoms. The largest absolute Gasteiger partial charge is 0.497 e. The Bertz CT molecular complexity index is 1250. The summed E-state index contributed by atoms with van der Waals surface area (Å²) in [5.41, 5.74) is 0.946. The van der Waals surface area contributed by atoms with Crippen LogP contribution in [0.4, 0.5) is 5.13 Å². The van der Waals surface area contributed by atoms with E-state index in [1.54, 1.807) is 7.11 Å². The van der Waals surface area contributed by atoms with E-state index in [9.17, 15) is 13.2 Å². The molecule has 1 saturated heterocycles. The van der Waals surface area contributed by atoms with Gasteiger partial charge in [-0.15, -0.1) is 10.2 Å². The number of nitrogens with one attached hydrogen (secondary N) is 1. The normalized spacial score (nSPS) is 14.9. The summed E-state index contributed by atoms with van der Waals surface area (Å²) in [6, 6.07) is 11.7. The average molecular weight is 503 g/mol. The van der Waals surface area contributed by atoms with Gasteiger partial charge >= 0.3 is 0 Å². The van der Waals surface area contributed by atoms with E-state index in [4.69, 9.17) is 9.47 Å². The van der Waals surface area contributed by atoms with Crippen LogP contribution in [0.1, 0.15) is 36.0 Å². The summed E-state index contributed by atoms with van der Waals surface area (Å²) in [7, 11) is -0.689. The Kier molecular flexibility index (Phi) is 7.44. The zero-order valence-corrected chi connectivity index (χ0v) is 20.6. The third kappa shape index (κ3) is 5.21. The molecule has 4 rings (SSSR count). The van der Waals surface area contributed by atoms with Gasteiger partial charge in [-0.1, -0.05) is 24.2 Å².